The Hall–Kier alpha value is -3.18. The Kier molecular flexibility index (Phi) is 9.02. The van der Waals surface area contributed by atoms with Gasteiger partial charge in [0, 0.05) is 43.5 Å². The number of benzene rings is 1. The van der Waals surface area contributed by atoms with Crippen LogP contribution in [0.5, 0.6) is 0 Å². The summed E-state index contributed by atoms with van der Waals surface area (Å²) in [5, 5.41) is 16.6. The topological polar surface area (TPSA) is 127 Å². The summed E-state index contributed by atoms with van der Waals surface area (Å²) >= 11 is 1.56. The number of non-ortho nitro benzene ring substituents is 1. The molecule has 1 atom stereocenters. The lowest BCUT2D eigenvalue weighted by Gasteiger charge is -2.28. The van der Waals surface area contributed by atoms with Crippen LogP contribution in [0, 0.1) is 10.1 Å². The van der Waals surface area contributed by atoms with E-state index in [0.29, 0.717) is 31.9 Å². The van der Waals surface area contributed by atoms with Crippen molar-refractivity contribution >= 4 is 35.1 Å². The first kappa shape index (κ1) is 24.5. The molecule has 0 aliphatic carbocycles. The molecule has 0 saturated carbocycles. The van der Waals surface area contributed by atoms with Crippen LogP contribution in [0.3, 0.4) is 0 Å². The van der Waals surface area contributed by atoms with Gasteiger partial charge >= 0.3 is 0 Å². The first-order valence-corrected chi connectivity index (χ1v) is 12.0. The Bertz CT molecular complexity index is 983. The van der Waals surface area contributed by atoms with Crippen molar-refractivity contribution in [3.05, 3.63) is 63.8 Å². The van der Waals surface area contributed by atoms with E-state index >= 15 is 0 Å². The Morgan fingerprint density at radius 3 is 2.79 bits per heavy atom. The smallest absolute Gasteiger partial charge is 0.270 e. The Balaban J connectivity index is 1.62. The third kappa shape index (κ3) is 7.16. The highest BCUT2D eigenvalue weighted by Crippen LogP contribution is 2.15. The average Bonchev–Trinajstić information content (AvgIpc) is 2.85. The van der Waals surface area contributed by atoms with Gasteiger partial charge in [-0.1, -0.05) is 6.07 Å². The molecule has 1 unspecified atom stereocenters. The number of morpholine rings is 1. The molecule has 1 aromatic carbocycles. The van der Waals surface area contributed by atoms with E-state index in [1.54, 1.807) is 18.0 Å². The number of pyridine rings is 1. The molecule has 1 aromatic heterocycles. The van der Waals surface area contributed by atoms with E-state index < -0.39 is 16.9 Å². The third-order valence-electron chi connectivity index (χ3n) is 5.16. The van der Waals surface area contributed by atoms with Crippen LogP contribution in [0.15, 0.2) is 42.6 Å². The van der Waals surface area contributed by atoms with Crippen molar-refractivity contribution < 1.29 is 19.2 Å². The van der Waals surface area contributed by atoms with Gasteiger partial charge in [-0.2, -0.15) is 11.8 Å². The summed E-state index contributed by atoms with van der Waals surface area (Å²) in [6, 6.07) is 8.45. The molecule has 2 heterocycles. The van der Waals surface area contributed by atoms with Crippen molar-refractivity contribution in [2.45, 2.75) is 19.0 Å². The number of nitro benzene ring substituents is 1. The molecule has 0 bridgehead atoms. The zero-order valence-electron chi connectivity index (χ0n) is 18.4. The predicted molar refractivity (Wildman–Crippen MR) is 126 cm³/mol. The Labute approximate surface area is 196 Å². The molecule has 0 radical (unpaired) electrons. The number of nitrogens with one attached hydrogen (secondary N) is 2. The van der Waals surface area contributed by atoms with E-state index in [9.17, 15) is 19.7 Å². The minimum Gasteiger partial charge on any atom is -0.378 e. The molecular formula is C22H27N5O5S. The van der Waals surface area contributed by atoms with Crippen molar-refractivity contribution in [1.29, 1.82) is 0 Å². The van der Waals surface area contributed by atoms with E-state index in [-0.39, 0.29) is 17.2 Å². The van der Waals surface area contributed by atoms with Gasteiger partial charge in [0.1, 0.15) is 11.9 Å². The second-order valence-corrected chi connectivity index (χ2v) is 8.44. The highest BCUT2D eigenvalue weighted by atomic mass is 32.2. The van der Waals surface area contributed by atoms with Crippen LogP contribution in [0.4, 0.5) is 11.5 Å². The molecule has 176 valence electrons. The molecule has 11 heteroatoms. The number of ether oxygens (including phenoxy) is 1. The number of hydrogen-bond acceptors (Lipinski definition) is 8. The zero-order chi connectivity index (χ0) is 23.6. The summed E-state index contributed by atoms with van der Waals surface area (Å²) in [5.41, 5.74) is 0.852. The molecule has 0 spiro atoms. The maximum Gasteiger partial charge on any atom is 0.270 e. The predicted octanol–water partition coefficient (Wildman–Crippen LogP) is 1.99. The van der Waals surface area contributed by atoms with Crippen LogP contribution in [0.2, 0.25) is 0 Å². The molecule has 1 fully saturated rings. The van der Waals surface area contributed by atoms with Crippen LogP contribution in [-0.4, -0.2) is 66.1 Å². The summed E-state index contributed by atoms with van der Waals surface area (Å²) in [7, 11) is 0. The normalized spacial score (nSPS) is 14.4. The fourth-order valence-electron chi connectivity index (χ4n) is 3.36. The van der Waals surface area contributed by atoms with Crippen LogP contribution < -0.4 is 15.5 Å². The third-order valence-corrected chi connectivity index (χ3v) is 5.81. The summed E-state index contributed by atoms with van der Waals surface area (Å²) in [4.78, 5) is 42.5. The number of carbonyl (C=O) groups is 2. The standard InChI is InChI=1S/C22H27N5O5S/c1-33-12-6-19(25-21(28)17-3-2-4-18(14-17)27(30)31)22(29)24-15-16-5-7-23-20(13-16)26-8-10-32-11-9-26/h2-5,7,13-14,19H,6,8-12,15H2,1H3,(H,24,29)(H,25,28). The largest absolute Gasteiger partial charge is 0.378 e. The molecule has 2 amide bonds. The van der Waals surface area contributed by atoms with Crippen molar-refractivity contribution in [3.63, 3.8) is 0 Å². The molecule has 1 saturated heterocycles. The number of amides is 2. The monoisotopic (exact) mass is 473 g/mol. The highest BCUT2D eigenvalue weighted by Gasteiger charge is 2.22. The summed E-state index contributed by atoms with van der Waals surface area (Å²) in [5.74, 6) is 0.665. The van der Waals surface area contributed by atoms with Gasteiger partial charge in [-0.25, -0.2) is 4.98 Å². The van der Waals surface area contributed by atoms with Gasteiger partial charge in [0.05, 0.1) is 18.1 Å². The van der Waals surface area contributed by atoms with Gasteiger partial charge < -0.3 is 20.3 Å². The second-order valence-electron chi connectivity index (χ2n) is 7.45. The molecule has 1 aliphatic rings. The highest BCUT2D eigenvalue weighted by molar-refractivity contribution is 7.98. The van der Waals surface area contributed by atoms with Crippen LogP contribution in [0.25, 0.3) is 0 Å². The number of nitrogens with zero attached hydrogens (tertiary/aromatic N) is 3. The number of nitro groups is 1. The van der Waals surface area contributed by atoms with E-state index in [4.69, 9.17) is 4.74 Å². The average molecular weight is 474 g/mol. The molecule has 2 aromatic rings. The Morgan fingerprint density at radius 2 is 2.06 bits per heavy atom. The second kappa shape index (κ2) is 12.2. The first-order chi connectivity index (χ1) is 16.0. The lowest BCUT2D eigenvalue weighted by atomic mass is 10.1. The maximum atomic E-state index is 12.9. The molecule has 3 rings (SSSR count). The quantitative estimate of drug-likeness (QED) is 0.396. The van der Waals surface area contributed by atoms with Crippen LogP contribution in [-0.2, 0) is 16.1 Å². The molecule has 1 aliphatic heterocycles. The minimum atomic E-state index is -0.759. The van der Waals surface area contributed by atoms with Crippen molar-refractivity contribution in [2.24, 2.45) is 0 Å². The summed E-state index contributed by atoms with van der Waals surface area (Å²) in [6.07, 6.45) is 4.06. The van der Waals surface area contributed by atoms with Crippen molar-refractivity contribution in [3.8, 4) is 0 Å². The zero-order valence-corrected chi connectivity index (χ0v) is 19.2. The molecule has 2 N–H and O–H groups in total. The molecule has 10 nitrogen and oxygen atoms in total. The number of aromatic nitrogens is 1. The van der Waals surface area contributed by atoms with Gasteiger partial charge in [-0.05, 0) is 42.2 Å². The lowest BCUT2D eigenvalue weighted by Crippen LogP contribution is -2.46. The van der Waals surface area contributed by atoms with Gasteiger partial charge in [-0.3, -0.25) is 19.7 Å². The van der Waals surface area contributed by atoms with Gasteiger partial charge in [-0.15, -0.1) is 0 Å². The minimum absolute atomic E-state index is 0.135. The molecule has 33 heavy (non-hydrogen) atoms. The molecular weight excluding hydrogens is 446 g/mol. The van der Waals surface area contributed by atoms with E-state index in [1.165, 1.54) is 24.3 Å². The maximum absolute atomic E-state index is 12.9. The number of rotatable bonds is 10. The number of carbonyl (C=O) groups excluding carboxylic acids is 2. The van der Waals surface area contributed by atoms with Gasteiger partial charge in [0.25, 0.3) is 11.6 Å². The van der Waals surface area contributed by atoms with Crippen molar-refractivity contribution in [2.75, 3.05) is 43.2 Å². The van der Waals surface area contributed by atoms with E-state index in [1.807, 2.05) is 18.4 Å². The lowest BCUT2D eigenvalue weighted by molar-refractivity contribution is -0.384. The SMILES string of the molecule is CSCCC(NC(=O)c1cccc([N+](=O)[O-])c1)C(=O)NCc1ccnc(N2CCOCC2)c1. The fourth-order valence-corrected chi connectivity index (χ4v) is 3.83. The van der Waals surface area contributed by atoms with E-state index in [0.717, 1.165) is 24.5 Å². The van der Waals surface area contributed by atoms with Crippen molar-refractivity contribution in [1.82, 2.24) is 15.6 Å². The van der Waals surface area contributed by atoms with Gasteiger partial charge in [0.2, 0.25) is 5.91 Å². The van der Waals surface area contributed by atoms with Gasteiger partial charge in [0.15, 0.2) is 0 Å². The Morgan fingerprint density at radius 1 is 1.27 bits per heavy atom. The number of hydrogen-bond donors (Lipinski definition) is 2. The summed E-state index contributed by atoms with van der Waals surface area (Å²) in [6.45, 7) is 3.14. The number of anilines is 1. The van der Waals surface area contributed by atoms with Crippen LogP contribution >= 0.6 is 11.8 Å². The first-order valence-electron chi connectivity index (χ1n) is 10.6. The van der Waals surface area contributed by atoms with Crippen LogP contribution in [0.1, 0.15) is 22.3 Å². The van der Waals surface area contributed by atoms with E-state index in [2.05, 4.69) is 20.5 Å². The summed E-state index contributed by atoms with van der Waals surface area (Å²) < 4.78 is 5.37. The fraction of sp³-hybridized carbons (Fsp3) is 0.409. The number of thioether (sulfide) groups is 1.